The minimum absolute atomic E-state index is 0.137. The molecule has 1 aromatic carbocycles. The molecule has 3 aromatic rings. The standard InChI is InChI=1S/C21H23N5O/c1-16-3-5-18(6-4-16)13-24-20-15-23-19(14-25-20)21(27)26(2)12-9-17-7-10-22-11-8-17/h3-8,10-11,14-15H,9,12-13H2,1-2H3,(H,24,25). The van der Waals surface area contributed by atoms with E-state index in [0.29, 0.717) is 24.6 Å². The average Bonchev–Trinajstić information content (AvgIpc) is 2.72. The van der Waals surface area contributed by atoms with E-state index in [0.717, 1.165) is 12.0 Å². The van der Waals surface area contributed by atoms with E-state index in [9.17, 15) is 4.79 Å². The number of aryl methyl sites for hydroxylation is 1. The topological polar surface area (TPSA) is 71.0 Å². The molecule has 0 radical (unpaired) electrons. The van der Waals surface area contributed by atoms with Crippen molar-refractivity contribution < 1.29 is 4.79 Å². The predicted octanol–water partition coefficient (Wildman–Crippen LogP) is 3.11. The predicted molar refractivity (Wildman–Crippen MR) is 105 cm³/mol. The number of carbonyl (C=O) groups excluding carboxylic acids is 1. The van der Waals surface area contributed by atoms with Gasteiger partial charge in [0.25, 0.3) is 5.91 Å². The quantitative estimate of drug-likeness (QED) is 0.700. The molecule has 2 aromatic heterocycles. The number of hydrogen-bond acceptors (Lipinski definition) is 5. The van der Waals surface area contributed by atoms with Crippen LogP contribution in [0.25, 0.3) is 0 Å². The molecule has 0 bridgehead atoms. The first-order valence-corrected chi connectivity index (χ1v) is 8.87. The third-order valence-electron chi connectivity index (χ3n) is 4.30. The monoisotopic (exact) mass is 361 g/mol. The molecule has 0 aliphatic heterocycles. The van der Waals surface area contributed by atoms with Gasteiger partial charge in [0.05, 0.1) is 12.4 Å². The van der Waals surface area contributed by atoms with Crippen LogP contribution in [0, 0.1) is 6.92 Å². The molecule has 0 fully saturated rings. The highest BCUT2D eigenvalue weighted by Gasteiger charge is 2.13. The minimum Gasteiger partial charge on any atom is -0.365 e. The van der Waals surface area contributed by atoms with Crippen LogP contribution in [0.3, 0.4) is 0 Å². The number of amides is 1. The molecular weight excluding hydrogens is 338 g/mol. The fourth-order valence-corrected chi connectivity index (χ4v) is 2.57. The lowest BCUT2D eigenvalue weighted by Crippen LogP contribution is -2.29. The normalized spacial score (nSPS) is 10.4. The number of hydrogen-bond donors (Lipinski definition) is 1. The van der Waals surface area contributed by atoms with Crippen molar-refractivity contribution in [2.45, 2.75) is 19.9 Å². The number of pyridine rings is 1. The summed E-state index contributed by atoms with van der Waals surface area (Å²) >= 11 is 0. The Hall–Kier alpha value is -3.28. The molecule has 2 heterocycles. The Morgan fingerprint density at radius 2 is 1.74 bits per heavy atom. The molecule has 0 unspecified atom stereocenters. The molecule has 1 amide bonds. The summed E-state index contributed by atoms with van der Waals surface area (Å²) in [5.74, 6) is 0.508. The van der Waals surface area contributed by atoms with E-state index >= 15 is 0 Å². The summed E-state index contributed by atoms with van der Waals surface area (Å²) in [6.45, 7) is 3.33. The lowest BCUT2D eigenvalue weighted by Gasteiger charge is -2.16. The molecule has 6 heteroatoms. The third-order valence-corrected chi connectivity index (χ3v) is 4.30. The third kappa shape index (κ3) is 5.34. The molecule has 0 aliphatic rings. The molecule has 138 valence electrons. The summed E-state index contributed by atoms with van der Waals surface area (Å²) < 4.78 is 0. The van der Waals surface area contributed by atoms with E-state index in [1.54, 1.807) is 30.5 Å². The molecule has 0 saturated heterocycles. The molecule has 6 nitrogen and oxygen atoms in total. The molecular formula is C21H23N5O. The van der Waals surface area contributed by atoms with Gasteiger partial charge in [0.2, 0.25) is 0 Å². The second kappa shape index (κ2) is 8.89. The van der Waals surface area contributed by atoms with Crippen LogP contribution in [0.4, 0.5) is 5.82 Å². The highest BCUT2D eigenvalue weighted by Crippen LogP contribution is 2.08. The van der Waals surface area contributed by atoms with Crippen LogP contribution < -0.4 is 5.32 Å². The molecule has 27 heavy (non-hydrogen) atoms. The molecule has 3 rings (SSSR count). The highest BCUT2D eigenvalue weighted by molar-refractivity contribution is 5.91. The van der Waals surface area contributed by atoms with Gasteiger partial charge in [0.15, 0.2) is 0 Å². The van der Waals surface area contributed by atoms with Gasteiger partial charge in [-0.2, -0.15) is 0 Å². The average molecular weight is 361 g/mol. The number of aromatic nitrogens is 3. The SMILES string of the molecule is Cc1ccc(CNc2cnc(C(=O)N(C)CCc3ccncc3)cn2)cc1. The fourth-order valence-electron chi connectivity index (χ4n) is 2.57. The molecule has 0 saturated carbocycles. The number of rotatable bonds is 7. The van der Waals surface area contributed by atoms with Gasteiger partial charge in [0, 0.05) is 32.5 Å². The van der Waals surface area contributed by atoms with E-state index in [1.165, 1.54) is 17.3 Å². The zero-order valence-corrected chi connectivity index (χ0v) is 15.6. The maximum atomic E-state index is 12.5. The van der Waals surface area contributed by atoms with Crippen molar-refractivity contribution in [3.05, 3.63) is 83.6 Å². The van der Waals surface area contributed by atoms with E-state index in [1.807, 2.05) is 12.1 Å². The Kier molecular flexibility index (Phi) is 6.10. The van der Waals surface area contributed by atoms with Gasteiger partial charge in [0.1, 0.15) is 11.5 Å². The van der Waals surface area contributed by atoms with Gasteiger partial charge in [-0.1, -0.05) is 29.8 Å². The van der Waals surface area contributed by atoms with Crippen LogP contribution in [-0.4, -0.2) is 39.4 Å². The number of benzene rings is 1. The molecule has 0 atom stereocenters. The van der Waals surface area contributed by atoms with Crippen molar-refractivity contribution in [3.63, 3.8) is 0 Å². The first kappa shape index (κ1) is 18.5. The fraction of sp³-hybridized carbons (Fsp3) is 0.238. The molecule has 0 spiro atoms. The van der Waals surface area contributed by atoms with E-state index in [2.05, 4.69) is 51.5 Å². The second-order valence-corrected chi connectivity index (χ2v) is 6.46. The number of nitrogens with one attached hydrogen (secondary N) is 1. The number of nitrogens with zero attached hydrogens (tertiary/aromatic N) is 4. The van der Waals surface area contributed by atoms with Crippen molar-refractivity contribution in [2.24, 2.45) is 0 Å². The van der Waals surface area contributed by atoms with Crippen LogP contribution in [0.5, 0.6) is 0 Å². The number of anilines is 1. The van der Waals surface area contributed by atoms with Gasteiger partial charge >= 0.3 is 0 Å². The Morgan fingerprint density at radius 3 is 2.41 bits per heavy atom. The van der Waals surface area contributed by atoms with Crippen molar-refractivity contribution in [1.29, 1.82) is 0 Å². The van der Waals surface area contributed by atoms with Gasteiger partial charge < -0.3 is 10.2 Å². The molecule has 0 aliphatic carbocycles. The molecule has 1 N–H and O–H groups in total. The number of likely N-dealkylation sites (N-methyl/N-ethyl adjacent to an activating group) is 1. The minimum atomic E-state index is -0.137. The van der Waals surface area contributed by atoms with Crippen molar-refractivity contribution in [1.82, 2.24) is 19.9 Å². The van der Waals surface area contributed by atoms with Crippen molar-refractivity contribution in [2.75, 3.05) is 18.9 Å². The summed E-state index contributed by atoms with van der Waals surface area (Å²) in [4.78, 5) is 26.7. The summed E-state index contributed by atoms with van der Waals surface area (Å²) in [6, 6.07) is 12.2. The zero-order valence-electron chi connectivity index (χ0n) is 15.6. The lowest BCUT2D eigenvalue weighted by atomic mass is 10.1. The van der Waals surface area contributed by atoms with E-state index < -0.39 is 0 Å². The highest BCUT2D eigenvalue weighted by atomic mass is 16.2. The summed E-state index contributed by atoms with van der Waals surface area (Å²) in [7, 11) is 1.77. The van der Waals surface area contributed by atoms with Crippen LogP contribution in [-0.2, 0) is 13.0 Å². The second-order valence-electron chi connectivity index (χ2n) is 6.46. The van der Waals surface area contributed by atoms with E-state index in [-0.39, 0.29) is 5.91 Å². The van der Waals surface area contributed by atoms with Gasteiger partial charge in [-0.25, -0.2) is 9.97 Å². The van der Waals surface area contributed by atoms with Crippen molar-refractivity contribution in [3.8, 4) is 0 Å². The van der Waals surface area contributed by atoms with Gasteiger partial charge in [-0.3, -0.25) is 9.78 Å². The maximum Gasteiger partial charge on any atom is 0.273 e. The summed E-state index contributed by atoms with van der Waals surface area (Å²) in [5.41, 5.74) is 3.88. The Bertz CT molecular complexity index is 863. The van der Waals surface area contributed by atoms with Crippen LogP contribution >= 0.6 is 0 Å². The Balaban J connectivity index is 1.52. The Morgan fingerprint density at radius 1 is 1.00 bits per heavy atom. The zero-order chi connectivity index (χ0) is 19.1. The van der Waals surface area contributed by atoms with Gasteiger partial charge in [-0.05, 0) is 36.6 Å². The van der Waals surface area contributed by atoms with Crippen LogP contribution in [0.2, 0.25) is 0 Å². The maximum absolute atomic E-state index is 12.5. The van der Waals surface area contributed by atoms with E-state index in [4.69, 9.17) is 0 Å². The van der Waals surface area contributed by atoms with Crippen molar-refractivity contribution >= 4 is 11.7 Å². The first-order valence-electron chi connectivity index (χ1n) is 8.87. The van der Waals surface area contributed by atoms with Crippen LogP contribution in [0.1, 0.15) is 27.2 Å². The van der Waals surface area contributed by atoms with Crippen LogP contribution in [0.15, 0.2) is 61.2 Å². The number of carbonyl (C=O) groups is 1. The first-order chi connectivity index (χ1) is 13.1. The Labute approximate surface area is 159 Å². The lowest BCUT2D eigenvalue weighted by molar-refractivity contribution is 0.0790. The van der Waals surface area contributed by atoms with Gasteiger partial charge in [-0.15, -0.1) is 0 Å². The largest absolute Gasteiger partial charge is 0.365 e. The summed E-state index contributed by atoms with van der Waals surface area (Å²) in [6.07, 6.45) is 7.39. The summed E-state index contributed by atoms with van der Waals surface area (Å²) in [5, 5.41) is 3.22. The smallest absolute Gasteiger partial charge is 0.273 e.